The summed E-state index contributed by atoms with van der Waals surface area (Å²) in [5, 5.41) is 7.81. The quantitative estimate of drug-likeness (QED) is 0.827. The summed E-state index contributed by atoms with van der Waals surface area (Å²) in [5.41, 5.74) is 0.795. The molecule has 1 aromatic rings. The Kier molecular flexibility index (Phi) is 5.28. The van der Waals surface area contributed by atoms with Crippen LogP contribution in [0, 0.1) is 0 Å². The van der Waals surface area contributed by atoms with Crippen molar-refractivity contribution in [3.8, 4) is 5.75 Å². The first-order chi connectivity index (χ1) is 9.19. The minimum Gasteiger partial charge on any atom is -0.495 e. The molecule has 0 radical (unpaired) electrons. The molecule has 104 valence electrons. The van der Waals surface area contributed by atoms with Crippen LogP contribution < -0.4 is 15.4 Å². The zero-order valence-corrected chi connectivity index (χ0v) is 12.6. The molecule has 0 aliphatic heterocycles. The predicted molar refractivity (Wildman–Crippen MR) is 84.2 cm³/mol. The van der Waals surface area contributed by atoms with E-state index in [0.717, 1.165) is 11.4 Å². The standard InChI is InChI=1S/C14H19ClN2OS/c1-18-13-8-7-10(15)9-12(13)17-14(19)16-11-5-3-2-4-6-11/h7-9,11H,2-6H2,1H3,(H2,16,17,19). The third kappa shape index (κ3) is 4.25. The van der Waals surface area contributed by atoms with Crippen molar-refractivity contribution < 1.29 is 4.74 Å². The molecule has 1 aromatic carbocycles. The summed E-state index contributed by atoms with van der Waals surface area (Å²) in [6.07, 6.45) is 6.27. The molecule has 1 fully saturated rings. The summed E-state index contributed by atoms with van der Waals surface area (Å²) < 4.78 is 5.28. The highest BCUT2D eigenvalue weighted by atomic mass is 35.5. The second-order valence-electron chi connectivity index (χ2n) is 4.78. The lowest BCUT2D eigenvalue weighted by Crippen LogP contribution is -2.38. The van der Waals surface area contributed by atoms with E-state index in [0.29, 0.717) is 16.2 Å². The summed E-state index contributed by atoms with van der Waals surface area (Å²) in [4.78, 5) is 0. The van der Waals surface area contributed by atoms with Gasteiger partial charge in [0.2, 0.25) is 0 Å². The molecule has 3 nitrogen and oxygen atoms in total. The Balaban J connectivity index is 1.95. The van der Waals surface area contributed by atoms with Crippen LogP contribution in [0.3, 0.4) is 0 Å². The number of ether oxygens (including phenoxy) is 1. The third-order valence-corrected chi connectivity index (χ3v) is 3.81. The van der Waals surface area contributed by atoms with Gasteiger partial charge in [-0.05, 0) is 43.3 Å². The molecule has 0 heterocycles. The molecule has 0 bridgehead atoms. The van der Waals surface area contributed by atoms with Crippen LogP contribution in [0.15, 0.2) is 18.2 Å². The molecule has 0 atom stereocenters. The maximum atomic E-state index is 5.99. The van der Waals surface area contributed by atoms with Crippen LogP contribution in [0.2, 0.25) is 5.02 Å². The zero-order valence-electron chi connectivity index (χ0n) is 11.0. The number of methoxy groups -OCH3 is 1. The summed E-state index contributed by atoms with van der Waals surface area (Å²) in [6.45, 7) is 0. The normalized spacial score (nSPS) is 15.9. The number of anilines is 1. The van der Waals surface area contributed by atoms with Crippen LogP contribution in [0.4, 0.5) is 5.69 Å². The second-order valence-corrected chi connectivity index (χ2v) is 5.62. The van der Waals surface area contributed by atoms with Crippen molar-refractivity contribution in [1.29, 1.82) is 0 Å². The van der Waals surface area contributed by atoms with E-state index in [9.17, 15) is 0 Å². The average molecular weight is 299 g/mol. The Morgan fingerprint density at radius 2 is 2.05 bits per heavy atom. The van der Waals surface area contributed by atoms with E-state index in [1.165, 1.54) is 32.1 Å². The third-order valence-electron chi connectivity index (χ3n) is 3.35. The number of rotatable bonds is 3. The van der Waals surface area contributed by atoms with Crippen molar-refractivity contribution in [2.75, 3.05) is 12.4 Å². The maximum Gasteiger partial charge on any atom is 0.171 e. The number of thiocarbonyl (C=S) groups is 1. The Morgan fingerprint density at radius 3 is 2.74 bits per heavy atom. The van der Waals surface area contributed by atoms with Gasteiger partial charge >= 0.3 is 0 Å². The van der Waals surface area contributed by atoms with Gasteiger partial charge in [0.15, 0.2) is 5.11 Å². The van der Waals surface area contributed by atoms with E-state index >= 15 is 0 Å². The van der Waals surface area contributed by atoms with Gasteiger partial charge in [0, 0.05) is 11.1 Å². The lowest BCUT2D eigenvalue weighted by Gasteiger charge is -2.24. The monoisotopic (exact) mass is 298 g/mol. The van der Waals surface area contributed by atoms with Crippen LogP contribution in [0.25, 0.3) is 0 Å². The number of benzene rings is 1. The van der Waals surface area contributed by atoms with Crippen LogP contribution >= 0.6 is 23.8 Å². The molecular weight excluding hydrogens is 280 g/mol. The molecule has 1 saturated carbocycles. The minimum atomic E-state index is 0.485. The summed E-state index contributed by atoms with van der Waals surface area (Å²) in [5.74, 6) is 0.734. The molecule has 1 aliphatic rings. The van der Waals surface area contributed by atoms with E-state index in [-0.39, 0.29) is 0 Å². The molecule has 0 saturated heterocycles. The first kappa shape index (κ1) is 14.4. The molecular formula is C14H19ClN2OS. The molecule has 2 N–H and O–H groups in total. The van der Waals surface area contributed by atoms with Gasteiger partial charge < -0.3 is 15.4 Å². The van der Waals surface area contributed by atoms with Crippen LogP contribution in [-0.2, 0) is 0 Å². The molecule has 0 spiro atoms. The molecule has 19 heavy (non-hydrogen) atoms. The van der Waals surface area contributed by atoms with Gasteiger partial charge in [-0.3, -0.25) is 0 Å². The van der Waals surface area contributed by atoms with Gasteiger partial charge in [-0.1, -0.05) is 30.9 Å². The molecule has 2 rings (SSSR count). The highest BCUT2D eigenvalue weighted by molar-refractivity contribution is 7.80. The first-order valence-electron chi connectivity index (χ1n) is 6.60. The Bertz CT molecular complexity index is 447. The van der Waals surface area contributed by atoms with Gasteiger partial charge in [0.05, 0.1) is 12.8 Å². The van der Waals surface area contributed by atoms with Gasteiger partial charge in [0.25, 0.3) is 0 Å². The first-order valence-corrected chi connectivity index (χ1v) is 7.38. The average Bonchev–Trinajstić information content (AvgIpc) is 2.40. The van der Waals surface area contributed by atoms with Gasteiger partial charge in [-0.25, -0.2) is 0 Å². The van der Waals surface area contributed by atoms with Crippen molar-refractivity contribution in [2.24, 2.45) is 0 Å². The van der Waals surface area contributed by atoms with Crippen molar-refractivity contribution in [3.05, 3.63) is 23.2 Å². The Morgan fingerprint density at radius 1 is 1.32 bits per heavy atom. The Labute approximate surface area is 124 Å². The fraction of sp³-hybridized carbons (Fsp3) is 0.500. The van der Waals surface area contributed by atoms with Gasteiger partial charge in [-0.2, -0.15) is 0 Å². The number of nitrogens with one attached hydrogen (secondary N) is 2. The number of hydrogen-bond donors (Lipinski definition) is 2. The van der Waals surface area contributed by atoms with E-state index in [4.69, 9.17) is 28.6 Å². The lowest BCUT2D eigenvalue weighted by atomic mass is 9.96. The number of halogens is 1. The van der Waals surface area contributed by atoms with Crippen molar-refractivity contribution in [2.45, 2.75) is 38.1 Å². The van der Waals surface area contributed by atoms with E-state index < -0.39 is 0 Å². The molecule has 5 heteroatoms. The summed E-state index contributed by atoms with van der Waals surface area (Å²) in [6, 6.07) is 5.92. The largest absolute Gasteiger partial charge is 0.495 e. The molecule has 0 aromatic heterocycles. The fourth-order valence-electron chi connectivity index (χ4n) is 2.37. The lowest BCUT2D eigenvalue weighted by molar-refractivity contribution is 0.413. The fourth-order valence-corrected chi connectivity index (χ4v) is 2.82. The highest BCUT2D eigenvalue weighted by Crippen LogP contribution is 2.27. The number of hydrogen-bond acceptors (Lipinski definition) is 2. The van der Waals surface area contributed by atoms with Crippen LogP contribution in [0.1, 0.15) is 32.1 Å². The Hall–Kier alpha value is -1.00. The van der Waals surface area contributed by atoms with Crippen molar-refractivity contribution in [1.82, 2.24) is 5.32 Å². The summed E-state index contributed by atoms with van der Waals surface area (Å²) in [7, 11) is 1.63. The van der Waals surface area contributed by atoms with Crippen LogP contribution in [0.5, 0.6) is 5.75 Å². The van der Waals surface area contributed by atoms with Crippen LogP contribution in [-0.4, -0.2) is 18.3 Å². The second kappa shape index (κ2) is 6.96. The zero-order chi connectivity index (χ0) is 13.7. The van der Waals surface area contributed by atoms with Crippen molar-refractivity contribution in [3.63, 3.8) is 0 Å². The van der Waals surface area contributed by atoms with Crippen molar-refractivity contribution >= 4 is 34.6 Å². The van der Waals surface area contributed by atoms with E-state index in [1.54, 1.807) is 13.2 Å². The highest BCUT2D eigenvalue weighted by Gasteiger charge is 2.14. The SMILES string of the molecule is COc1ccc(Cl)cc1NC(=S)NC1CCCCC1. The molecule has 0 unspecified atom stereocenters. The molecule has 1 aliphatic carbocycles. The van der Waals surface area contributed by atoms with E-state index in [2.05, 4.69) is 10.6 Å². The minimum absolute atomic E-state index is 0.485. The predicted octanol–water partition coefficient (Wildman–Crippen LogP) is 3.97. The van der Waals surface area contributed by atoms with Gasteiger partial charge in [0.1, 0.15) is 5.75 Å². The smallest absolute Gasteiger partial charge is 0.171 e. The van der Waals surface area contributed by atoms with Gasteiger partial charge in [-0.15, -0.1) is 0 Å². The summed E-state index contributed by atoms with van der Waals surface area (Å²) >= 11 is 11.3. The van der Waals surface area contributed by atoms with E-state index in [1.807, 2.05) is 12.1 Å². The topological polar surface area (TPSA) is 33.3 Å². The maximum absolute atomic E-state index is 5.99. The molecule has 0 amide bonds.